The van der Waals surface area contributed by atoms with Gasteiger partial charge in [0.05, 0.1) is 5.92 Å². The molecule has 8 heteroatoms. The molecule has 3 N–H and O–H groups in total. The molecular weight excluding hydrogens is 458 g/mol. The van der Waals surface area contributed by atoms with Crippen LogP contribution in [-0.2, 0) is 20.7 Å². The monoisotopic (exact) mass is 491 g/mol. The fourth-order valence-corrected chi connectivity index (χ4v) is 4.73. The quantitative estimate of drug-likeness (QED) is 0.441. The van der Waals surface area contributed by atoms with E-state index >= 15 is 0 Å². The van der Waals surface area contributed by atoms with Gasteiger partial charge in [0.25, 0.3) is 0 Å². The average Bonchev–Trinajstić information content (AvgIpc) is 3.24. The van der Waals surface area contributed by atoms with Crippen molar-refractivity contribution in [1.29, 1.82) is 0 Å². The Bertz CT molecular complexity index is 1260. The summed E-state index contributed by atoms with van der Waals surface area (Å²) in [4.78, 5) is 42.1. The number of ether oxygens (including phenoxy) is 1. The first kappa shape index (κ1) is 25.3. The molecule has 1 saturated heterocycles. The van der Waals surface area contributed by atoms with E-state index in [1.165, 1.54) is 0 Å². The lowest BCUT2D eigenvalue weighted by molar-refractivity contribution is -0.144. The second-order valence-electron chi connectivity index (χ2n) is 10.3. The van der Waals surface area contributed by atoms with Gasteiger partial charge in [0.1, 0.15) is 5.60 Å². The number of aromatic nitrogens is 1. The number of para-hydroxylation sites is 1. The lowest BCUT2D eigenvalue weighted by Crippen LogP contribution is -2.46. The van der Waals surface area contributed by atoms with Gasteiger partial charge >= 0.3 is 12.1 Å². The van der Waals surface area contributed by atoms with Crippen LogP contribution in [-0.4, -0.2) is 51.7 Å². The zero-order valence-corrected chi connectivity index (χ0v) is 20.9. The Hall–Kier alpha value is -3.81. The number of carbonyl (C=O) groups excluding carboxylic acids is 2. The average molecular weight is 492 g/mol. The number of rotatable bonds is 6. The van der Waals surface area contributed by atoms with Crippen LogP contribution in [0.3, 0.4) is 0 Å². The van der Waals surface area contributed by atoms with E-state index in [0.717, 1.165) is 22.0 Å². The van der Waals surface area contributed by atoms with Gasteiger partial charge in [0, 0.05) is 48.2 Å². The highest BCUT2D eigenvalue weighted by Crippen LogP contribution is 2.34. The lowest BCUT2D eigenvalue weighted by atomic mass is 9.80. The minimum absolute atomic E-state index is 0.119. The summed E-state index contributed by atoms with van der Waals surface area (Å²) in [5.74, 6) is -2.05. The van der Waals surface area contributed by atoms with Crippen LogP contribution in [0.4, 0.5) is 10.5 Å². The number of aromatic amines is 1. The summed E-state index contributed by atoms with van der Waals surface area (Å²) in [6, 6.07) is 15.2. The maximum absolute atomic E-state index is 12.7. The van der Waals surface area contributed by atoms with Crippen LogP contribution in [0.2, 0.25) is 0 Å². The minimum Gasteiger partial charge on any atom is -0.481 e. The van der Waals surface area contributed by atoms with E-state index in [0.29, 0.717) is 31.5 Å². The topological polar surface area (TPSA) is 112 Å². The van der Waals surface area contributed by atoms with E-state index in [2.05, 4.69) is 10.3 Å². The van der Waals surface area contributed by atoms with Crippen LogP contribution < -0.4 is 5.32 Å². The second-order valence-corrected chi connectivity index (χ2v) is 10.3. The normalized spacial score (nSPS) is 18.1. The van der Waals surface area contributed by atoms with Crippen LogP contribution in [0, 0.1) is 5.92 Å². The van der Waals surface area contributed by atoms with E-state index < -0.39 is 29.5 Å². The number of benzene rings is 2. The Morgan fingerprint density at radius 1 is 1.14 bits per heavy atom. The van der Waals surface area contributed by atoms with Crippen molar-refractivity contribution in [2.24, 2.45) is 5.92 Å². The predicted octanol–water partition coefficient (Wildman–Crippen LogP) is 5.16. The Morgan fingerprint density at radius 2 is 1.92 bits per heavy atom. The molecule has 2 unspecified atom stereocenters. The maximum atomic E-state index is 12.7. The SMILES string of the molecule is CC(C)(C)OC(=O)N1CCC(C(=O)O)C(c2cccc(NC(=O)CCc3c[nH]c4ccccc34)c2)C1. The summed E-state index contributed by atoms with van der Waals surface area (Å²) in [6.45, 7) is 5.97. The summed E-state index contributed by atoms with van der Waals surface area (Å²) in [5.41, 5.74) is 2.87. The number of fused-ring (bicyclic) bond motifs is 1. The van der Waals surface area contributed by atoms with Crippen molar-refractivity contribution in [3.05, 3.63) is 65.9 Å². The fourth-order valence-electron chi connectivity index (χ4n) is 4.73. The molecule has 36 heavy (non-hydrogen) atoms. The van der Waals surface area contributed by atoms with Crippen LogP contribution in [0.5, 0.6) is 0 Å². The molecule has 2 amide bonds. The van der Waals surface area contributed by atoms with Gasteiger partial charge < -0.3 is 25.0 Å². The third-order valence-electron chi connectivity index (χ3n) is 6.48. The van der Waals surface area contributed by atoms with Crippen molar-refractivity contribution in [2.75, 3.05) is 18.4 Å². The molecule has 0 bridgehead atoms. The van der Waals surface area contributed by atoms with Gasteiger partial charge in [0.2, 0.25) is 5.91 Å². The van der Waals surface area contributed by atoms with E-state index in [4.69, 9.17) is 4.74 Å². The van der Waals surface area contributed by atoms with Crippen molar-refractivity contribution >= 4 is 34.6 Å². The second kappa shape index (κ2) is 10.4. The number of hydrogen-bond acceptors (Lipinski definition) is 4. The molecule has 2 aromatic carbocycles. The molecule has 8 nitrogen and oxygen atoms in total. The maximum Gasteiger partial charge on any atom is 0.410 e. The van der Waals surface area contributed by atoms with Gasteiger partial charge in [-0.05, 0) is 62.9 Å². The largest absolute Gasteiger partial charge is 0.481 e. The number of carboxylic acids is 1. The molecule has 190 valence electrons. The molecule has 1 aliphatic heterocycles. The van der Waals surface area contributed by atoms with E-state index in [9.17, 15) is 19.5 Å². The number of nitrogens with zero attached hydrogens (tertiary/aromatic N) is 1. The molecule has 0 aliphatic carbocycles. The standard InChI is InChI=1S/C28H33N3O5/c1-28(2,3)36-27(35)31-14-13-22(26(33)34)23(17-31)18-7-6-8-20(15-18)30-25(32)12-11-19-16-29-24-10-5-4-9-21(19)24/h4-10,15-16,22-23,29H,11-14,17H2,1-3H3,(H,30,32)(H,33,34). The van der Waals surface area contributed by atoms with Gasteiger partial charge in [-0.1, -0.05) is 30.3 Å². The molecule has 2 atom stereocenters. The van der Waals surface area contributed by atoms with E-state index in [-0.39, 0.29) is 12.5 Å². The zero-order chi connectivity index (χ0) is 25.9. The van der Waals surface area contributed by atoms with Gasteiger partial charge in [-0.3, -0.25) is 9.59 Å². The Labute approximate surface area is 210 Å². The number of carbonyl (C=O) groups is 3. The molecular formula is C28H33N3O5. The van der Waals surface area contributed by atoms with Crippen LogP contribution in [0.15, 0.2) is 54.7 Å². The van der Waals surface area contributed by atoms with Crippen LogP contribution >= 0.6 is 0 Å². The first-order valence-corrected chi connectivity index (χ1v) is 12.3. The molecule has 3 aromatic rings. The number of aliphatic carboxylic acids is 1. The summed E-state index contributed by atoms with van der Waals surface area (Å²) >= 11 is 0. The third kappa shape index (κ3) is 6.05. The number of hydrogen-bond donors (Lipinski definition) is 3. The predicted molar refractivity (Wildman–Crippen MR) is 138 cm³/mol. The molecule has 0 saturated carbocycles. The van der Waals surface area contributed by atoms with Crippen LogP contribution in [0.25, 0.3) is 10.9 Å². The van der Waals surface area contributed by atoms with Gasteiger partial charge in [0.15, 0.2) is 0 Å². The van der Waals surface area contributed by atoms with Crippen molar-refractivity contribution in [1.82, 2.24) is 9.88 Å². The lowest BCUT2D eigenvalue weighted by Gasteiger charge is -2.37. The number of carboxylic acid groups (broad SMARTS) is 1. The summed E-state index contributed by atoms with van der Waals surface area (Å²) in [7, 11) is 0. The fraction of sp³-hybridized carbons (Fsp3) is 0.393. The van der Waals surface area contributed by atoms with Gasteiger partial charge in [-0.2, -0.15) is 0 Å². The number of anilines is 1. The molecule has 4 rings (SSSR count). The number of H-pyrrole nitrogens is 1. The summed E-state index contributed by atoms with van der Waals surface area (Å²) in [6.07, 6.45) is 2.74. The highest BCUT2D eigenvalue weighted by atomic mass is 16.6. The highest BCUT2D eigenvalue weighted by Gasteiger charge is 2.38. The molecule has 1 aromatic heterocycles. The number of aryl methyl sites for hydroxylation is 1. The highest BCUT2D eigenvalue weighted by molar-refractivity contribution is 5.91. The van der Waals surface area contributed by atoms with Crippen LogP contribution in [0.1, 0.15) is 50.7 Å². The van der Waals surface area contributed by atoms with Crippen molar-refractivity contribution in [2.45, 2.75) is 51.6 Å². The van der Waals surface area contributed by atoms with Crippen molar-refractivity contribution in [3.63, 3.8) is 0 Å². The zero-order valence-electron chi connectivity index (χ0n) is 20.9. The Balaban J connectivity index is 1.44. The Kier molecular flexibility index (Phi) is 7.33. The third-order valence-corrected chi connectivity index (χ3v) is 6.48. The summed E-state index contributed by atoms with van der Waals surface area (Å²) < 4.78 is 5.50. The Morgan fingerprint density at radius 3 is 2.67 bits per heavy atom. The van der Waals surface area contributed by atoms with Gasteiger partial charge in [-0.15, -0.1) is 0 Å². The molecule has 1 fully saturated rings. The number of piperidine rings is 1. The van der Waals surface area contributed by atoms with Crippen molar-refractivity contribution in [3.8, 4) is 0 Å². The first-order valence-electron chi connectivity index (χ1n) is 12.3. The number of likely N-dealkylation sites (tertiary alicyclic amines) is 1. The molecule has 0 spiro atoms. The minimum atomic E-state index is -0.892. The number of amides is 2. The molecule has 0 radical (unpaired) electrons. The molecule has 2 heterocycles. The number of nitrogens with one attached hydrogen (secondary N) is 2. The molecule has 1 aliphatic rings. The van der Waals surface area contributed by atoms with Gasteiger partial charge in [-0.25, -0.2) is 4.79 Å². The smallest absolute Gasteiger partial charge is 0.410 e. The van der Waals surface area contributed by atoms with E-state index in [1.807, 2.05) is 42.6 Å². The van der Waals surface area contributed by atoms with Crippen molar-refractivity contribution < 1.29 is 24.2 Å². The van der Waals surface area contributed by atoms with E-state index in [1.54, 1.807) is 37.8 Å². The first-order chi connectivity index (χ1) is 17.1. The summed E-state index contributed by atoms with van der Waals surface area (Å²) in [5, 5.41) is 13.9.